The highest BCUT2D eigenvalue weighted by Gasteiger charge is 2.07. The van der Waals surface area contributed by atoms with E-state index in [2.05, 4.69) is 5.32 Å². The molecule has 0 saturated heterocycles. The van der Waals surface area contributed by atoms with Crippen molar-refractivity contribution in [3.8, 4) is 5.75 Å². The highest BCUT2D eigenvalue weighted by Crippen LogP contribution is 2.19. The predicted octanol–water partition coefficient (Wildman–Crippen LogP) is 2.85. The number of amides is 1. The van der Waals surface area contributed by atoms with Gasteiger partial charge in [-0.25, -0.2) is 8.78 Å². The molecule has 5 heteroatoms. The lowest BCUT2D eigenvalue weighted by molar-refractivity contribution is -0.115. The van der Waals surface area contributed by atoms with E-state index in [1.807, 2.05) is 0 Å². The lowest BCUT2D eigenvalue weighted by Gasteiger charge is -2.06. The third-order valence-electron chi connectivity index (χ3n) is 2.49. The van der Waals surface area contributed by atoms with Crippen LogP contribution in [0.3, 0.4) is 0 Å². The monoisotopic (exact) mass is 263 g/mol. The molecule has 0 aliphatic rings. The number of carbonyl (C=O) groups is 1. The number of anilines is 1. The molecule has 0 saturated carbocycles. The lowest BCUT2D eigenvalue weighted by atomic mass is 10.1. The van der Waals surface area contributed by atoms with Crippen LogP contribution in [0.5, 0.6) is 5.75 Å². The van der Waals surface area contributed by atoms with Crippen LogP contribution in [0.25, 0.3) is 0 Å². The van der Waals surface area contributed by atoms with Crippen molar-refractivity contribution in [3.63, 3.8) is 0 Å². The van der Waals surface area contributed by atoms with Crippen LogP contribution in [0.15, 0.2) is 42.5 Å². The first kappa shape index (κ1) is 13.0. The van der Waals surface area contributed by atoms with Crippen LogP contribution < -0.4 is 5.32 Å². The lowest BCUT2D eigenvalue weighted by Crippen LogP contribution is -2.14. The van der Waals surface area contributed by atoms with Crippen LogP contribution in [0, 0.1) is 11.6 Å². The quantitative estimate of drug-likeness (QED) is 0.836. The third-order valence-corrected chi connectivity index (χ3v) is 2.49. The van der Waals surface area contributed by atoms with E-state index >= 15 is 0 Å². The van der Waals surface area contributed by atoms with Crippen LogP contribution in [0.2, 0.25) is 0 Å². The van der Waals surface area contributed by atoms with Gasteiger partial charge in [-0.05, 0) is 29.8 Å². The second-order valence-electron chi connectivity index (χ2n) is 4.02. The van der Waals surface area contributed by atoms with E-state index in [1.165, 1.54) is 24.3 Å². The zero-order valence-corrected chi connectivity index (χ0v) is 9.86. The van der Waals surface area contributed by atoms with Gasteiger partial charge in [0, 0.05) is 11.8 Å². The van der Waals surface area contributed by atoms with Crippen molar-refractivity contribution in [1.29, 1.82) is 0 Å². The zero-order valence-electron chi connectivity index (χ0n) is 9.86. The SMILES string of the molecule is O=C(Cc1cccc(F)c1)Nc1ccc(O)c(F)c1. The standard InChI is InChI=1S/C14H11F2NO2/c15-10-3-1-2-9(6-10)7-14(19)17-11-4-5-13(18)12(16)8-11/h1-6,8,18H,7H2,(H,17,19). The topological polar surface area (TPSA) is 49.3 Å². The van der Waals surface area contributed by atoms with Crippen molar-refractivity contribution in [1.82, 2.24) is 0 Å². The van der Waals surface area contributed by atoms with Crippen LogP contribution in [-0.2, 0) is 11.2 Å². The molecule has 0 heterocycles. The molecular weight excluding hydrogens is 252 g/mol. The Labute approximate surface area is 108 Å². The summed E-state index contributed by atoms with van der Waals surface area (Å²) in [5.74, 6) is -2.11. The van der Waals surface area contributed by atoms with Gasteiger partial charge in [-0.3, -0.25) is 4.79 Å². The van der Waals surface area contributed by atoms with E-state index < -0.39 is 23.3 Å². The molecular formula is C14H11F2NO2. The van der Waals surface area contributed by atoms with Crippen molar-refractivity contribution >= 4 is 11.6 Å². The predicted molar refractivity (Wildman–Crippen MR) is 66.8 cm³/mol. The molecule has 0 unspecified atom stereocenters. The van der Waals surface area contributed by atoms with Crippen molar-refractivity contribution < 1.29 is 18.7 Å². The molecule has 0 aliphatic heterocycles. The molecule has 98 valence electrons. The molecule has 2 aromatic carbocycles. The van der Waals surface area contributed by atoms with Crippen molar-refractivity contribution in [2.45, 2.75) is 6.42 Å². The first-order chi connectivity index (χ1) is 9.04. The minimum atomic E-state index is -0.816. The average molecular weight is 263 g/mol. The largest absolute Gasteiger partial charge is 0.505 e. The smallest absolute Gasteiger partial charge is 0.228 e. The molecule has 0 fully saturated rings. The number of aromatic hydroxyl groups is 1. The van der Waals surface area contributed by atoms with E-state index in [4.69, 9.17) is 5.11 Å². The second-order valence-corrected chi connectivity index (χ2v) is 4.02. The van der Waals surface area contributed by atoms with Gasteiger partial charge in [0.25, 0.3) is 0 Å². The third kappa shape index (κ3) is 3.51. The summed E-state index contributed by atoms with van der Waals surface area (Å²) in [6.07, 6.45) is -0.0136. The van der Waals surface area contributed by atoms with Gasteiger partial charge in [0.05, 0.1) is 6.42 Å². The molecule has 3 nitrogen and oxygen atoms in total. The van der Waals surface area contributed by atoms with Gasteiger partial charge in [0.15, 0.2) is 11.6 Å². The normalized spacial score (nSPS) is 10.2. The number of rotatable bonds is 3. The molecule has 2 rings (SSSR count). The summed E-state index contributed by atoms with van der Waals surface area (Å²) < 4.78 is 26.0. The maximum Gasteiger partial charge on any atom is 0.228 e. The number of nitrogens with one attached hydrogen (secondary N) is 1. The molecule has 0 atom stereocenters. The summed E-state index contributed by atoms with van der Waals surface area (Å²) in [5.41, 5.74) is 0.758. The van der Waals surface area contributed by atoms with Crippen molar-refractivity contribution in [2.75, 3.05) is 5.32 Å². The molecule has 0 spiro atoms. The first-order valence-electron chi connectivity index (χ1n) is 5.57. The zero-order chi connectivity index (χ0) is 13.8. The van der Waals surface area contributed by atoms with Gasteiger partial charge in [-0.15, -0.1) is 0 Å². The Hall–Kier alpha value is -2.43. The maximum atomic E-state index is 13.1. The molecule has 0 radical (unpaired) electrons. The van der Waals surface area contributed by atoms with Gasteiger partial charge in [0.1, 0.15) is 5.82 Å². The Morgan fingerprint density at radius 1 is 1.16 bits per heavy atom. The summed E-state index contributed by atoms with van der Waals surface area (Å²) in [5, 5.41) is 11.5. The average Bonchev–Trinajstić information content (AvgIpc) is 2.34. The minimum Gasteiger partial charge on any atom is -0.505 e. The fourth-order valence-electron chi connectivity index (χ4n) is 1.62. The second kappa shape index (κ2) is 5.48. The van der Waals surface area contributed by atoms with E-state index in [0.717, 1.165) is 12.1 Å². The highest BCUT2D eigenvalue weighted by atomic mass is 19.1. The van der Waals surface area contributed by atoms with Crippen molar-refractivity contribution in [2.24, 2.45) is 0 Å². The first-order valence-corrected chi connectivity index (χ1v) is 5.57. The fraction of sp³-hybridized carbons (Fsp3) is 0.0714. The summed E-state index contributed by atoms with van der Waals surface area (Å²) >= 11 is 0. The van der Waals surface area contributed by atoms with Gasteiger partial charge in [0.2, 0.25) is 5.91 Å². The number of phenols is 1. The van der Waals surface area contributed by atoms with E-state index in [-0.39, 0.29) is 12.1 Å². The fourth-order valence-corrected chi connectivity index (χ4v) is 1.62. The molecule has 0 aliphatic carbocycles. The molecule has 0 aromatic heterocycles. The number of carbonyl (C=O) groups excluding carboxylic acids is 1. The number of halogens is 2. The molecule has 2 aromatic rings. The maximum absolute atomic E-state index is 13.1. The van der Waals surface area contributed by atoms with Crippen LogP contribution in [0.4, 0.5) is 14.5 Å². The van der Waals surface area contributed by atoms with Gasteiger partial charge >= 0.3 is 0 Å². The Balaban J connectivity index is 2.03. The molecule has 1 amide bonds. The number of hydrogen-bond donors (Lipinski definition) is 2. The van der Waals surface area contributed by atoms with Gasteiger partial charge < -0.3 is 10.4 Å². The van der Waals surface area contributed by atoms with Crippen LogP contribution in [0.1, 0.15) is 5.56 Å². The van der Waals surface area contributed by atoms with E-state index in [0.29, 0.717) is 5.56 Å². The summed E-state index contributed by atoms with van der Waals surface area (Å²) in [4.78, 5) is 11.7. The Bertz CT molecular complexity index is 614. The van der Waals surface area contributed by atoms with Crippen LogP contribution in [-0.4, -0.2) is 11.0 Å². The molecule has 2 N–H and O–H groups in total. The molecule has 19 heavy (non-hydrogen) atoms. The van der Waals surface area contributed by atoms with E-state index in [1.54, 1.807) is 6.07 Å². The number of benzene rings is 2. The summed E-state index contributed by atoms with van der Waals surface area (Å²) in [6, 6.07) is 9.22. The van der Waals surface area contributed by atoms with E-state index in [9.17, 15) is 13.6 Å². The van der Waals surface area contributed by atoms with Gasteiger partial charge in [-0.2, -0.15) is 0 Å². The summed E-state index contributed by atoms with van der Waals surface area (Å²) in [6.45, 7) is 0. The highest BCUT2D eigenvalue weighted by molar-refractivity contribution is 5.92. The van der Waals surface area contributed by atoms with Gasteiger partial charge in [-0.1, -0.05) is 12.1 Å². The van der Waals surface area contributed by atoms with Crippen LogP contribution >= 0.6 is 0 Å². The number of phenolic OH excluding ortho intramolecular Hbond substituents is 1. The number of hydrogen-bond acceptors (Lipinski definition) is 2. The Kier molecular flexibility index (Phi) is 3.75. The summed E-state index contributed by atoms with van der Waals surface area (Å²) in [7, 11) is 0. The minimum absolute atomic E-state index is 0.0136. The Morgan fingerprint density at radius 3 is 2.63 bits per heavy atom. The van der Waals surface area contributed by atoms with Crippen molar-refractivity contribution in [3.05, 3.63) is 59.7 Å². The molecule has 0 bridgehead atoms. The Morgan fingerprint density at radius 2 is 1.95 bits per heavy atom.